The van der Waals surface area contributed by atoms with Crippen LogP contribution in [-0.4, -0.2) is 0 Å². The van der Waals surface area contributed by atoms with Crippen molar-refractivity contribution in [1.82, 2.24) is 0 Å². The van der Waals surface area contributed by atoms with Crippen molar-refractivity contribution >= 4 is 27.5 Å². The Morgan fingerprint density at radius 3 is 2.77 bits per heavy atom. The van der Waals surface area contributed by atoms with Gasteiger partial charge in [0.25, 0.3) is 0 Å². The van der Waals surface area contributed by atoms with E-state index in [0.29, 0.717) is 5.92 Å². The fourth-order valence-electron chi connectivity index (χ4n) is 0.987. The summed E-state index contributed by atoms with van der Waals surface area (Å²) in [7, 11) is 0. The molecule has 1 aromatic carbocycles. The molecule has 0 bridgehead atoms. The van der Waals surface area contributed by atoms with E-state index in [1.54, 1.807) is 0 Å². The molecule has 2 rings (SSSR count). The zero-order valence-corrected chi connectivity index (χ0v) is 9.32. The maximum Gasteiger partial charge on any atom is 0.0560 e. The summed E-state index contributed by atoms with van der Waals surface area (Å²) in [6.07, 6.45) is 2.52. The first-order chi connectivity index (χ1) is 6.25. The van der Waals surface area contributed by atoms with Crippen molar-refractivity contribution < 1.29 is 0 Å². The van der Waals surface area contributed by atoms with E-state index >= 15 is 0 Å². The quantitative estimate of drug-likeness (QED) is 0.618. The third-order valence-electron chi connectivity index (χ3n) is 1.92. The normalized spacial score (nSPS) is 14.9. The standard InChI is InChI=1S/C11H8BrCl/c12-10-6-5-9(7-11(10)13)4-3-8-1-2-8/h5-8H,1-2H2. The largest absolute Gasteiger partial charge is 0.0945 e. The van der Waals surface area contributed by atoms with Crippen molar-refractivity contribution in [2.75, 3.05) is 0 Å². The first kappa shape index (κ1) is 9.12. The van der Waals surface area contributed by atoms with Gasteiger partial charge in [-0.1, -0.05) is 23.4 Å². The van der Waals surface area contributed by atoms with Gasteiger partial charge < -0.3 is 0 Å². The van der Waals surface area contributed by atoms with Gasteiger partial charge in [0.05, 0.1) is 5.02 Å². The van der Waals surface area contributed by atoms with Crippen LogP contribution in [0.2, 0.25) is 5.02 Å². The number of rotatable bonds is 0. The van der Waals surface area contributed by atoms with E-state index < -0.39 is 0 Å². The van der Waals surface area contributed by atoms with Gasteiger partial charge >= 0.3 is 0 Å². The lowest BCUT2D eigenvalue weighted by molar-refractivity contribution is 1.18. The highest BCUT2D eigenvalue weighted by atomic mass is 79.9. The summed E-state index contributed by atoms with van der Waals surface area (Å²) in [4.78, 5) is 0. The molecule has 1 aromatic rings. The molecule has 0 nitrogen and oxygen atoms in total. The Morgan fingerprint density at radius 1 is 1.38 bits per heavy atom. The van der Waals surface area contributed by atoms with Crippen LogP contribution in [0.1, 0.15) is 18.4 Å². The van der Waals surface area contributed by atoms with Crippen molar-refractivity contribution in [3.8, 4) is 11.8 Å². The Morgan fingerprint density at radius 2 is 2.15 bits per heavy atom. The molecule has 0 radical (unpaired) electrons. The molecule has 0 saturated heterocycles. The van der Waals surface area contributed by atoms with Crippen molar-refractivity contribution in [1.29, 1.82) is 0 Å². The van der Waals surface area contributed by atoms with E-state index in [2.05, 4.69) is 27.8 Å². The molecule has 0 N–H and O–H groups in total. The fourth-order valence-corrected chi connectivity index (χ4v) is 1.41. The summed E-state index contributed by atoms with van der Waals surface area (Å²) in [6.45, 7) is 0. The molecule has 13 heavy (non-hydrogen) atoms. The van der Waals surface area contributed by atoms with E-state index in [-0.39, 0.29) is 0 Å². The van der Waals surface area contributed by atoms with E-state index in [4.69, 9.17) is 11.6 Å². The molecule has 0 heterocycles. The lowest BCUT2D eigenvalue weighted by atomic mass is 10.2. The van der Waals surface area contributed by atoms with Gasteiger partial charge in [-0.05, 0) is 47.0 Å². The van der Waals surface area contributed by atoms with Crippen LogP contribution in [0.4, 0.5) is 0 Å². The molecule has 1 fully saturated rings. The van der Waals surface area contributed by atoms with Crippen LogP contribution in [0.15, 0.2) is 22.7 Å². The van der Waals surface area contributed by atoms with Crippen molar-refractivity contribution in [3.05, 3.63) is 33.3 Å². The summed E-state index contributed by atoms with van der Waals surface area (Å²) >= 11 is 9.27. The molecule has 0 amide bonds. The van der Waals surface area contributed by atoms with Gasteiger partial charge in [-0.15, -0.1) is 0 Å². The summed E-state index contributed by atoms with van der Waals surface area (Å²) in [5, 5.41) is 0.725. The Bertz CT molecular complexity index is 383. The predicted molar refractivity (Wildman–Crippen MR) is 58.8 cm³/mol. The summed E-state index contributed by atoms with van der Waals surface area (Å²) in [5.74, 6) is 6.96. The second-order valence-electron chi connectivity index (χ2n) is 3.17. The van der Waals surface area contributed by atoms with Crippen LogP contribution >= 0.6 is 27.5 Å². The summed E-state index contributed by atoms with van der Waals surface area (Å²) in [6, 6.07) is 5.80. The molecule has 0 aromatic heterocycles. The van der Waals surface area contributed by atoms with Gasteiger partial charge in [0.2, 0.25) is 0 Å². The van der Waals surface area contributed by atoms with Crippen molar-refractivity contribution in [2.24, 2.45) is 5.92 Å². The Labute approximate surface area is 91.4 Å². The van der Waals surface area contributed by atoms with Gasteiger partial charge in [0.1, 0.15) is 0 Å². The summed E-state index contributed by atoms with van der Waals surface area (Å²) < 4.78 is 0.922. The average Bonchev–Trinajstić information content (AvgIpc) is 2.91. The average molecular weight is 256 g/mol. The Hall–Kier alpha value is -0.450. The second kappa shape index (κ2) is 3.74. The van der Waals surface area contributed by atoms with Crippen molar-refractivity contribution in [3.63, 3.8) is 0 Å². The number of benzene rings is 1. The molecule has 66 valence electrons. The monoisotopic (exact) mass is 254 g/mol. The smallest absolute Gasteiger partial charge is 0.0560 e. The first-order valence-corrected chi connectivity index (χ1v) is 5.39. The molecular weight excluding hydrogens is 247 g/mol. The maximum absolute atomic E-state index is 5.93. The minimum Gasteiger partial charge on any atom is -0.0945 e. The van der Waals surface area contributed by atoms with E-state index in [1.165, 1.54) is 12.8 Å². The number of halogens is 2. The first-order valence-electron chi connectivity index (χ1n) is 4.22. The fraction of sp³-hybridized carbons (Fsp3) is 0.273. The number of hydrogen-bond acceptors (Lipinski definition) is 0. The SMILES string of the molecule is Clc1cc(C#CC2CC2)ccc1Br. The van der Waals surface area contributed by atoms with Crippen molar-refractivity contribution in [2.45, 2.75) is 12.8 Å². The minimum absolute atomic E-state index is 0.641. The lowest BCUT2D eigenvalue weighted by Gasteiger charge is -1.94. The van der Waals surface area contributed by atoms with E-state index in [0.717, 1.165) is 15.1 Å². The van der Waals surface area contributed by atoms with Gasteiger partial charge in [-0.3, -0.25) is 0 Å². The van der Waals surface area contributed by atoms with Crippen LogP contribution in [0.25, 0.3) is 0 Å². The Balaban J connectivity index is 2.22. The third-order valence-corrected chi connectivity index (χ3v) is 3.15. The highest BCUT2D eigenvalue weighted by Crippen LogP contribution is 2.28. The highest BCUT2D eigenvalue weighted by molar-refractivity contribution is 9.10. The van der Waals surface area contributed by atoms with Crippen LogP contribution in [0, 0.1) is 17.8 Å². The maximum atomic E-state index is 5.93. The second-order valence-corrected chi connectivity index (χ2v) is 4.43. The van der Waals surface area contributed by atoms with Gasteiger partial charge in [-0.25, -0.2) is 0 Å². The third kappa shape index (κ3) is 2.49. The summed E-state index contributed by atoms with van der Waals surface area (Å²) in [5.41, 5.74) is 1.00. The predicted octanol–water partition coefficient (Wildman–Crippen LogP) is 3.86. The zero-order valence-electron chi connectivity index (χ0n) is 6.98. The van der Waals surface area contributed by atoms with E-state index in [9.17, 15) is 0 Å². The number of hydrogen-bond donors (Lipinski definition) is 0. The zero-order chi connectivity index (χ0) is 9.26. The van der Waals surface area contributed by atoms with Crippen LogP contribution in [0.3, 0.4) is 0 Å². The molecular formula is C11H8BrCl. The van der Waals surface area contributed by atoms with Crippen LogP contribution in [-0.2, 0) is 0 Å². The topological polar surface area (TPSA) is 0 Å². The molecule has 0 atom stereocenters. The van der Waals surface area contributed by atoms with Crippen LogP contribution in [0.5, 0.6) is 0 Å². The molecule has 0 aliphatic heterocycles. The molecule has 1 saturated carbocycles. The van der Waals surface area contributed by atoms with Crippen LogP contribution < -0.4 is 0 Å². The lowest BCUT2D eigenvalue weighted by Crippen LogP contribution is -1.75. The molecule has 1 aliphatic rings. The molecule has 0 unspecified atom stereocenters. The molecule has 2 heteroatoms. The van der Waals surface area contributed by atoms with Gasteiger partial charge in [0, 0.05) is 16.0 Å². The molecule has 1 aliphatic carbocycles. The highest BCUT2D eigenvalue weighted by Gasteiger charge is 2.17. The van der Waals surface area contributed by atoms with E-state index in [1.807, 2.05) is 18.2 Å². The minimum atomic E-state index is 0.641. The van der Waals surface area contributed by atoms with Gasteiger partial charge in [-0.2, -0.15) is 0 Å². The van der Waals surface area contributed by atoms with Gasteiger partial charge in [0.15, 0.2) is 0 Å². The molecule has 0 spiro atoms. The Kier molecular flexibility index (Phi) is 2.62.